The predicted octanol–water partition coefficient (Wildman–Crippen LogP) is 2.16. The van der Waals surface area contributed by atoms with Gasteiger partial charge in [0.2, 0.25) is 11.8 Å². The molecule has 3 amide bonds. The minimum Gasteiger partial charge on any atom is -0.343 e. The van der Waals surface area contributed by atoms with Crippen LogP contribution in [0, 0.1) is 0 Å². The second-order valence-corrected chi connectivity index (χ2v) is 8.28. The fourth-order valence-electron chi connectivity index (χ4n) is 3.90. The summed E-state index contributed by atoms with van der Waals surface area (Å²) in [5.41, 5.74) is 0.475. The number of benzene rings is 2. The molecule has 0 heterocycles. The normalized spacial score (nSPS) is 16.4. The highest BCUT2D eigenvalue weighted by molar-refractivity contribution is 5.98. The Hall–Kier alpha value is -3.48. The van der Waals surface area contributed by atoms with E-state index in [-0.39, 0.29) is 12.3 Å². The Kier molecular flexibility index (Phi) is 7.76. The summed E-state index contributed by atoms with van der Waals surface area (Å²) in [6, 6.07) is 16.3. The first-order valence-corrected chi connectivity index (χ1v) is 10.9. The van der Waals surface area contributed by atoms with Crippen molar-refractivity contribution in [1.82, 2.24) is 16.0 Å². The van der Waals surface area contributed by atoms with E-state index < -0.39 is 29.4 Å². The lowest BCUT2D eigenvalue weighted by Crippen LogP contribution is -2.57. The maximum Gasteiger partial charge on any atom is 0.251 e. The second kappa shape index (κ2) is 10.7. The average Bonchev–Trinajstić information content (AvgIpc) is 3.28. The maximum absolute atomic E-state index is 13.0. The minimum atomic E-state index is -0.869. The molecular formula is C25H29N3O4. The zero-order valence-electron chi connectivity index (χ0n) is 18.2. The van der Waals surface area contributed by atoms with E-state index in [1.807, 2.05) is 36.4 Å². The van der Waals surface area contributed by atoms with E-state index in [0.717, 1.165) is 24.7 Å². The van der Waals surface area contributed by atoms with Crippen LogP contribution in [0.15, 0.2) is 60.7 Å². The van der Waals surface area contributed by atoms with Gasteiger partial charge in [-0.05, 0) is 37.5 Å². The van der Waals surface area contributed by atoms with Crippen molar-refractivity contribution in [3.8, 4) is 0 Å². The fourth-order valence-corrected chi connectivity index (χ4v) is 3.90. The highest BCUT2D eigenvalue weighted by Crippen LogP contribution is 2.27. The third kappa shape index (κ3) is 6.03. The van der Waals surface area contributed by atoms with Crippen molar-refractivity contribution < 1.29 is 19.2 Å². The molecular weight excluding hydrogens is 406 g/mol. The molecule has 2 atom stereocenters. The van der Waals surface area contributed by atoms with Gasteiger partial charge in [-0.1, -0.05) is 61.4 Å². The van der Waals surface area contributed by atoms with Crippen LogP contribution in [0.2, 0.25) is 0 Å². The molecule has 0 aromatic heterocycles. The molecule has 0 radical (unpaired) electrons. The monoisotopic (exact) mass is 435 g/mol. The molecule has 0 bridgehead atoms. The summed E-state index contributed by atoms with van der Waals surface area (Å²) in [6.07, 6.45) is 4.04. The van der Waals surface area contributed by atoms with Crippen LogP contribution in [0.3, 0.4) is 0 Å². The number of hydrogen-bond donors (Lipinski definition) is 3. The van der Waals surface area contributed by atoms with Crippen molar-refractivity contribution in [2.24, 2.45) is 0 Å². The number of carbonyl (C=O) groups excluding carboxylic acids is 4. The first-order valence-electron chi connectivity index (χ1n) is 10.9. The molecule has 2 unspecified atom stereocenters. The summed E-state index contributed by atoms with van der Waals surface area (Å²) in [4.78, 5) is 49.9. The van der Waals surface area contributed by atoms with Gasteiger partial charge in [-0.2, -0.15) is 0 Å². The molecule has 32 heavy (non-hydrogen) atoms. The molecule has 168 valence electrons. The zero-order chi connectivity index (χ0) is 23.0. The lowest BCUT2D eigenvalue weighted by molar-refractivity contribution is -0.131. The van der Waals surface area contributed by atoms with Gasteiger partial charge in [-0.15, -0.1) is 0 Å². The second-order valence-electron chi connectivity index (χ2n) is 8.28. The summed E-state index contributed by atoms with van der Waals surface area (Å²) >= 11 is 0. The van der Waals surface area contributed by atoms with Crippen LogP contribution in [0.5, 0.6) is 0 Å². The first-order chi connectivity index (χ1) is 15.4. The van der Waals surface area contributed by atoms with Crippen molar-refractivity contribution >= 4 is 24.0 Å². The molecule has 1 fully saturated rings. The quantitative estimate of drug-likeness (QED) is 0.525. The van der Waals surface area contributed by atoms with E-state index in [1.165, 1.54) is 0 Å². The number of amides is 3. The third-order valence-corrected chi connectivity index (χ3v) is 5.79. The SMILES string of the molecule is CC(NC(=O)C(Cc1ccccc1)NC(=O)c1ccccc1)C(=O)NC1(C=O)CCCC1. The molecule has 0 saturated heterocycles. The standard InChI is InChI=1S/C25H29N3O4/c1-18(22(30)28-25(17-29)14-8-9-15-25)26-24(32)21(16-19-10-4-2-5-11-19)27-23(31)20-12-6-3-7-13-20/h2-7,10-13,17-18,21H,8-9,14-16H2,1H3,(H,26,32)(H,27,31)(H,28,30). The molecule has 7 heteroatoms. The van der Waals surface area contributed by atoms with Crippen LogP contribution in [-0.2, 0) is 20.8 Å². The number of rotatable bonds is 9. The summed E-state index contributed by atoms with van der Waals surface area (Å²) in [6.45, 7) is 1.57. The molecule has 0 aliphatic heterocycles. The van der Waals surface area contributed by atoms with Crippen LogP contribution < -0.4 is 16.0 Å². The number of aldehydes is 1. The predicted molar refractivity (Wildman–Crippen MR) is 121 cm³/mol. The van der Waals surface area contributed by atoms with E-state index in [9.17, 15) is 19.2 Å². The van der Waals surface area contributed by atoms with Gasteiger partial charge in [0.15, 0.2) is 0 Å². The first kappa shape index (κ1) is 23.2. The number of nitrogens with one attached hydrogen (secondary N) is 3. The Labute approximate surface area is 188 Å². The molecule has 0 spiro atoms. The summed E-state index contributed by atoms with van der Waals surface area (Å²) in [7, 11) is 0. The van der Waals surface area contributed by atoms with Crippen molar-refractivity contribution in [2.45, 2.75) is 56.7 Å². The van der Waals surface area contributed by atoms with Crippen LogP contribution in [-0.4, -0.2) is 41.6 Å². The molecule has 2 aromatic rings. The molecule has 3 rings (SSSR count). The van der Waals surface area contributed by atoms with Gasteiger partial charge in [-0.3, -0.25) is 14.4 Å². The number of hydrogen-bond acceptors (Lipinski definition) is 4. The van der Waals surface area contributed by atoms with Crippen LogP contribution in [0.25, 0.3) is 0 Å². The summed E-state index contributed by atoms with van der Waals surface area (Å²) < 4.78 is 0. The highest BCUT2D eigenvalue weighted by atomic mass is 16.2. The third-order valence-electron chi connectivity index (χ3n) is 5.79. The van der Waals surface area contributed by atoms with Crippen LogP contribution in [0.4, 0.5) is 0 Å². The lowest BCUT2D eigenvalue weighted by Gasteiger charge is -2.27. The molecule has 7 nitrogen and oxygen atoms in total. The van der Waals surface area contributed by atoms with Crippen LogP contribution in [0.1, 0.15) is 48.5 Å². The smallest absolute Gasteiger partial charge is 0.251 e. The van der Waals surface area contributed by atoms with Gasteiger partial charge < -0.3 is 20.7 Å². The van der Waals surface area contributed by atoms with E-state index in [0.29, 0.717) is 18.4 Å². The topological polar surface area (TPSA) is 104 Å². The Bertz CT molecular complexity index is 940. The molecule has 2 aromatic carbocycles. The van der Waals surface area contributed by atoms with Crippen molar-refractivity contribution in [1.29, 1.82) is 0 Å². The largest absolute Gasteiger partial charge is 0.343 e. The van der Waals surface area contributed by atoms with Gasteiger partial charge in [0.1, 0.15) is 18.4 Å². The van der Waals surface area contributed by atoms with Gasteiger partial charge in [-0.25, -0.2) is 0 Å². The Morgan fingerprint density at radius 1 is 0.906 bits per heavy atom. The lowest BCUT2D eigenvalue weighted by atomic mass is 9.99. The molecule has 1 aliphatic rings. The van der Waals surface area contributed by atoms with E-state index >= 15 is 0 Å². The summed E-state index contributed by atoms with van der Waals surface area (Å²) in [5.74, 6) is -1.25. The summed E-state index contributed by atoms with van der Waals surface area (Å²) in [5, 5.41) is 8.26. The zero-order valence-corrected chi connectivity index (χ0v) is 18.2. The Balaban J connectivity index is 1.68. The van der Waals surface area contributed by atoms with Crippen molar-refractivity contribution in [2.75, 3.05) is 0 Å². The van der Waals surface area contributed by atoms with Gasteiger partial charge >= 0.3 is 0 Å². The maximum atomic E-state index is 13.0. The Morgan fingerprint density at radius 2 is 1.50 bits per heavy atom. The van der Waals surface area contributed by atoms with Crippen molar-refractivity contribution in [3.05, 3.63) is 71.8 Å². The van der Waals surface area contributed by atoms with E-state index in [2.05, 4.69) is 16.0 Å². The molecule has 3 N–H and O–H groups in total. The van der Waals surface area contributed by atoms with Gasteiger partial charge in [0, 0.05) is 12.0 Å². The Morgan fingerprint density at radius 3 is 2.09 bits per heavy atom. The van der Waals surface area contributed by atoms with Gasteiger partial charge in [0.05, 0.1) is 5.54 Å². The van der Waals surface area contributed by atoms with E-state index in [4.69, 9.17) is 0 Å². The molecule has 1 saturated carbocycles. The average molecular weight is 436 g/mol. The van der Waals surface area contributed by atoms with Gasteiger partial charge in [0.25, 0.3) is 5.91 Å². The van der Waals surface area contributed by atoms with E-state index in [1.54, 1.807) is 31.2 Å². The van der Waals surface area contributed by atoms with Crippen molar-refractivity contribution in [3.63, 3.8) is 0 Å². The fraction of sp³-hybridized carbons (Fsp3) is 0.360. The minimum absolute atomic E-state index is 0.276. The number of carbonyl (C=O) groups is 4. The van der Waals surface area contributed by atoms with Crippen LogP contribution >= 0.6 is 0 Å². The highest BCUT2D eigenvalue weighted by Gasteiger charge is 2.36. The molecule has 1 aliphatic carbocycles.